The highest BCUT2D eigenvalue weighted by molar-refractivity contribution is 5.81. The number of aliphatic carboxylic acids is 1. The Morgan fingerprint density at radius 3 is 1.78 bits per heavy atom. The summed E-state index contributed by atoms with van der Waals surface area (Å²) >= 11 is 0. The first-order valence-corrected chi connectivity index (χ1v) is 10.8. The molecule has 2 aromatic rings. The second-order valence-corrected chi connectivity index (χ2v) is 10.4. The molecule has 0 saturated carbocycles. The third kappa shape index (κ3) is 5.04. The maximum atomic E-state index is 12.2. The van der Waals surface area contributed by atoms with E-state index in [4.69, 9.17) is 14.6 Å². The highest BCUT2D eigenvalue weighted by atomic mass is 16.7. The smallest absolute Gasteiger partial charge is 0.478 e. The predicted octanol–water partition coefficient (Wildman–Crippen LogP) is 6.54. The number of carbonyl (C=O) groups is 2. The lowest BCUT2D eigenvalue weighted by Gasteiger charge is -2.22. The number of ether oxygens (including phenoxy) is 2. The second kappa shape index (κ2) is 8.45. The van der Waals surface area contributed by atoms with Gasteiger partial charge in [0.15, 0.2) is 0 Å². The summed E-state index contributed by atoms with van der Waals surface area (Å²) in [5.74, 6) is -1.33. The number of hydrogen-bond donors (Lipinski definition) is 1. The maximum Gasteiger partial charge on any atom is 0.513 e. The average Bonchev–Trinajstić information content (AvgIpc) is 2.96. The zero-order valence-corrected chi connectivity index (χ0v) is 19.9. The van der Waals surface area contributed by atoms with Crippen molar-refractivity contribution in [2.75, 3.05) is 6.61 Å². The zero-order valence-electron chi connectivity index (χ0n) is 19.9. The summed E-state index contributed by atoms with van der Waals surface area (Å²) < 4.78 is 10.4. The van der Waals surface area contributed by atoms with Gasteiger partial charge in [0.05, 0.1) is 6.08 Å². The minimum atomic E-state index is -1.18. The van der Waals surface area contributed by atoms with Crippen LogP contribution >= 0.6 is 0 Å². The summed E-state index contributed by atoms with van der Waals surface area (Å²) in [6, 6.07) is 13.1. The van der Waals surface area contributed by atoms with Gasteiger partial charge in [-0.05, 0) is 51.1 Å². The van der Waals surface area contributed by atoms with Gasteiger partial charge in [0.2, 0.25) is 0 Å². The molecule has 0 aromatic heterocycles. The Morgan fingerprint density at radius 1 is 0.906 bits per heavy atom. The molecular weight excluding hydrogens is 404 g/mol. The fourth-order valence-corrected chi connectivity index (χ4v) is 3.99. The molecule has 0 bridgehead atoms. The van der Waals surface area contributed by atoms with Crippen molar-refractivity contribution in [2.45, 2.75) is 65.2 Å². The molecule has 5 nitrogen and oxygen atoms in total. The first-order valence-electron chi connectivity index (χ1n) is 10.8. The Balaban J connectivity index is 1.97. The minimum absolute atomic E-state index is 0.0105. The lowest BCUT2D eigenvalue weighted by Crippen LogP contribution is -2.16. The number of hydrogen-bond acceptors (Lipinski definition) is 4. The SMILES string of the molecule is C/C(=C/C(=O)O)OC(=O)OCC1c2cc(C(C)(C)C)ccc2-c2ccc(C(C)(C)C)cc21. The molecule has 2 aromatic carbocycles. The largest absolute Gasteiger partial charge is 0.513 e. The van der Waals surface area contributed by atoms with E-state index in [1.54, 1.807) is 0 Å². The van der Waals surface area contributed by atoms with Gasteiger partial charge in [0.1, 0.15) is 12.4 Å². The molecule has 0 atom stereocenters. The van der Waals surface area contributed by atoms with Crippen LogP contribution in [0.5, 0.6) is 0 Å². The standard InChI is InChI=1S/C27H32O5/c1-16(12-24(28)29)32-25(30)31-15-23-21-13-17(26(2,3)4)8-10-19(21)20-11-9-18(14-22(20)23)27(5,6)7/h8-14,23H,15H2,1-7H3,(H,28,29)/b16-12-. The van der Waals surface area contributed by atoms with Crippen molar-refractivity contribution in [1.29, 1.82) is 0 Å². The third-order valence-electron chi connectivity index (χ3n) is 5.82. The van der Waals surface area contributed by atoms with Crippen LogP contribution in [0, 0.1) is 0 Å². The number of rotatable bonds is 4. The summed E-state index contributed by atoms with van der Waals surface area (Å²) in [7, 11) is 0. The molecule has 0 fully saturated rings. The normalized spacial score (nSPS) is 14.0. The van der Waals surface area contributed by atoms with Gasteiger partial charge in [-0.3, -0.25) is 0 Å². The Bertz CT molecular complexity index is 1020. The first-order chi connectivity index (χ1) is 14.8. The summed E-state index contributed by atoms with van der Waals surface area (Å²) in [6.45, 7) is 14.6. The van der Waals surface area contributed by atoms with E-state index in [0.717, 1.165) is 28.3 Å². The van der Waals surface area contributed by atoms with Gasteiger partial charge in [-0.2, -0.15) is 0 Å². The monoisotopic (exact) mass is 436 g/mol. The molecule has 0 unspecified atom stereocenters. The first kappa shape index (κ1) is 23.6. The molecule has 0 aliphatic heterocycles. The van der Waals surface area contributed by atoms with E-state index in [2.05, 4.69) is 77.9 Å². The van der Waals surface area contributed by atoms with Gasteiger partial charge < -0.3 is 14.6 Å². The number of carboxylic acid groups (broad SMARTS) is 1. The second-order valence-electron chi connectivity index (χ2n) is 10.4. The van der Waals surface area contributed by atoms with E-state index in [9.17, 15) is 9.59 Å². The van der Waals surface area contributed by atoms with Gasteiger partial charge in [0, 0.05) is 5.92 Å². The Labute approximate surface area is 190 Å². The summed E-state index contributed by atoms with van der Waals surface area (Å²) in [5.41, 5.74) is 6.97. The van der Waals surface area contributed by atoms with Crippen LogP contribution in [0.1, 0.15) is 76.6 Å². The molecule has 1 aliphatic carbocycles. The lowest BCUT2D eigenvalue weighted by atomic mass is 9.83. The third-order valence-corrected chi connectivity index (χ3v) is 5.82. The van der Waals surface area contributed by atoms with Crippen LogP contribution in [0.3, 0.4) is 0 Å². The zero-order chi connectivity index (χ0) is 23.8. The van der Waals surface area contributed by atoms with Crippen LogP contribution in [0.4, 0.5) is 4.79 Å². The van der Waals surface area contributed by atoms with Crippen LogP contribution in [-0.2, 0) is 25.1 Å². The van der Waals surface area contributed by atoms with Gasteiger partial charge in [-0.1, -0.05) is 77.9 Å². The van der Waals surface area contributed by atoms with Crippen molar-refractivity contribution in [1.82, 2.24) is 0 Å². The molecule has 3 rings (SSSR count). The fraction of sp³-hybridized carbons (Fsp3) is 0.407. The summed E-state index contributed by atoms with van der Waals surface area (Å²) in [6.07, 6.45) is -0.0823. The van der Waals surface area contributed by atoms with Crippen molar-refractivity contribution in [3.63, 3.8) is 0 Å². The van der Waals surface area contributed by atoms with Gasteiger partial charge in [-0.15, -0.1) is 0 Å². The van der Waals surface area contributed by atoms with E-state index >= 15 is 0 Å². The van der Waals surface area contributed by atoms with Crippen LogP contribution in [0.25, 0.3) is 11.1 Å². The van der Waals surface area contributed by atoms with Crippen molar-refractivity contribution >= 4 is 12.1 Å². The lowest BCUT2D eigenvalue weighted by molar-refractivity contribution is -0.131. The molecule has 170 valence electrons. The van der Waals surface area contributed by atoms with Gasteiger partial charge in [-0.25, -0.2) is 9.59 Å². The van der Waals surface area contributed by atoms with Crippen molar-refractivity contribution in [2.24, 2.45) is 0 Å². The molecule has 0 saturated heterocycles. The van der Waals surface area contributed by atoms with Crippen LogP contribution in [0.15, 0.2) is 48.2 Å². The summed E-state index contributed by atoms with van der Waals surface area (Å²) in [5, 5.41) is 8.79. The van der Waals surface area contributed by atoms with Gasteiger partial charge in [0.25, 0.3) is 0 Å². The summed E-state index contributed by atoms with van der Waals surface area (Å²) in [4.78, 5) is 22.9. The molecule has 0 heterocycles. The Hall–Kier alpha value is -3.08. The molecule has 32 heavy (non-hydrogen) atoms. The maximum absolute atomic E-state index is 12.2. The number of carboxylic acids is 1. The molecule has 1 N–H and O–H groups in total. The quantitative estimate of drug-likeness (QED) is 0.335. The Kier molecular flexibility index (Phi) is 6.23. The molecule has 1 aliphatic rings. The molecule has 5 heteroatoms. The highest BCUT2D eigenvalue weighted by Crippen LogP contribution is 2.47. The van der Waals surface area contributed by atoms with E-state index in [0.29, 0.717) is 0 Å². The van der Waals surface area contributed by atoms with E-state index < -0.39 is 12.1 Å². The van der Waals surface area contributed by atoms with E-state index in [1.165, 1.54) is 18.1 Å². The van der Waals surface area contributed by atoms with Gasteiger partial charge >= 0.3 is 12.1 Å². The predicted molar refractivity (Wildman–Crippen MR) is 125 cm³/mol. The molecule has 0 amide bonds. The number of fused-ring (bicyclic) bond motifs is 3. The fourth-order valence-electron chi connectivity index (χ4n) is 3.99. The van der Waals surface area contributed by atoms with Crippen LogP contribution in [-0.4, -0.2) is 23.8 Å². The molecule has 0 radical (unpaired) electrons. The van der Waals surface area contributed by atoms with Crippen molar-refractivity contribution in [3.8, 4) is 11.1 Å². The number of carbonyl (C=O) groups excluding carboxylic acids is 1. The van der Waals surface area contributed by atoms with Crippen LogP contribution < -0.4 is 0 Å². The van der Waals surface area contributed by atoms with Crippen LogP contribution in [0.2, 0.25) is 0 Å². The average molecular weight is 437 g/mol. The van der Waals surface area contributed by atoms with E-state index in [1.807, 2.05) is 0 Å². The molecular formula is C27H32O5. The highest BCUT2D eigenvalue weighted by Gasteiger charge is 2.32. The van der Waals surface area contributed by atoms with E-state index in [-0.39, 0.29) is 29.1 Å². The number of benzene rings is 2. The minimum Gasteiger partial charge on any atom is -0.478 e. The Morgan fingerprint density at radius 2 is 1.38 bits per heavy atom. The van der Waals surface area contributed by atoms with Crippen molar-refractivity contribution < 1.29 is 24.2 Å². The molecule has 0 spiro atoms. The number of allylic oxidation sites excluding steroid dienone is 1. The van der Waals surface area contributed by atoms with Crippen molar-refractivity contribution in [3.05, 3.63) is 70.5 Å². The topological polar surface area (TPSA) is 72.8 Å².